The van der Waals surface area contributed by atoms with Gasteiger partial charge in [-0.05, 0) is 37.8 Å². The molecule has 2 rings (SSSR count). The third-order valence-electron chi connectivity index (χ3n) is 2.86. The second-order valence-electron chi connectivity index (χ2n) is 3.96. The zero-order chi connectivity index (χ0) is 11.4. The van der Waals surface area contributed by atoms with Crippen LogP contribution in [0.5, 0.6) is 11.5 Å². The molecule has 86 valence electrons. The van der Waals surface area contributed by atoms with Crippen LogP contribution in [0.4, 0.5) is 5.69 Å². The van der Waals surface area contributed by atoms with E-state index in [0.717, 1.165) is 12.8 Å². The fourth-order valence-electron chi connectivity index (χ4n) is 2.01. The molecule has 0 aliphatic heterocycles. The minimum Gasteiger partial charge on any atom is -0.706 e. The van der Waals surface area contributed by atoms with E-state index in [1.54, 1.807) is 25.3 Å². The van der Waals surface area contributed by atoms with Gasteiger partial charge in [0.15, 0.2) is 11.5 Å². The van der Waals surface area contributed by atoms with E-state index in [1.807, 2.05) is 0 Å². The van der Waals surface area contributed by atoms with Crippen LogP contribution in [0.3, 0.4) is 0 Å². The molecule has 1 saturated carbocycles. The largest absolute Gasteiger partial charge is 0.706 e. The molecule has 16 heavy (non-hydrogen) atoms. The molecular formula is C12H15N2O2-. The Labute approximate surface area is 95.1 Å². The highest BCUT2D eigenvalue weighted by molar-refractivity contribution is 5.51. The first-order chi connectivity index (χ1) is 7.83. The molecule has 1 aromatic carbocycles. The fraction of sp³-hybridized carbons (Fsp3) is 0.500. The van der Waals surface area contributed by atoms with E-state index in [1.165, 1.54) is 12.8 Å². The molecule has 0 unspecified atom stereocenters. The number of nitrogens with zero attached hydrogens (tertiary/aromatic N) is 2. The van der Waals surface area contributed by atoms with Crippen molar-refractivity contribution in [2.24, 2.45) is 5.11 Å². The minimum atomic E-state index is 0.267. The summed E-state index contributed by atoms with van der Waals surface area (Å²) < 4.78 is 11.1. The molecule has 1 fully saturated rings. The van der Waals surface area contributed by atoms with E-state index in [9.17, 15) is 0 Å². The van der Waals surface area contributed by atoms with Crippen molar-refractivity contribution >= 4 is 5.69 Å². The second-order valence-corrected chi connectivity index (χ2v) is 3.96. The highest BCUT2D eigenvalue weighted by atomic mass is 16.5. The van der Waals surface area contributed by atoms with Crippen molar-refractivity contribution in [2.75, 3.05) is 7.11 Å². The summed E-state index contributed by atoms with van der Waals surface area (Å²) in [7, 11) is 1.60. The monoisotopic (exact) mass is 219 g/mol. The highest BCUT2D eigenvalue weighted by Gasteiger charge is 2.18. The average Bonchev–Trinajstić information content (AvgIpc) is 2.82. The summed E-state index contributed by atoms with van der Waals surface area (Å²) in [6.07, 6.45) is 4.88. The summed E-state index contributed by atoms with van der Waals surface area (Å²) in [6, 6.07) is 5.12. The van der Waals surface area contributed by atoms with Gasteiger partial charge >= 0.3 is 0 Å². The van der Waals surface area contributed by atoms with Crippen LogP contribution in [0.2, 0.25) is 0 Å². The van der Waals surface area contributed by atoms with Gasteiger partial charge in [0.25, 0.3) is 0 Å². The zero-order valence-electron chi connectivity index (χ0n) is 9.35. The molecule has 0 N–H and O–H groups in total. The molecule has 1 aliphatic carbocycles. The highest BCUT2D eigenvalue weighted by Crippen LogP contribution is 2.34. The Balaban J connectivity index is 2.18. The maximum absolute atomic E-state index is 8.72. The molecule has 0 saturated heterocycles. The van der Waals surface area contributed by atoms with Gasteiger partial charge in [0.1, 0.15) is 0 Å². The minimum absolute atomic E-state index is 0.267. The normalized spacial score (nSPS) is 16.1. The molecular weight excluding hydrogens is 204 g/mol. The summed E-state index contributed by atoms with van der Waals surface area (Å²) in [4.78, 5) is 0. The maximum Gasteiger partial charge on any atom is 0.163 e. The molecule has 4 nitrogen and oxygen atoms in total. The first kappa shape index (κ1) is 10.9. The van der Waals surface area contributed by atoms with Gasteiger partial charge in [0.05, 0.1) is 13.2 Å². The number of benzene rings is 1. The molecule has 4 heteroatoms. The van der Waals surface area contributed by atoms with Crippen LogP contribution in [0, 0.1) is 0 Å². The third-order valence-corrected chi connectivity index (χ3v) is 2.86. The Morgan fingerprint density at radius 2 is 2.00 bits per heavy atom. The molecule has 0 heterocycles. The van der Waals surface area contributed by atoms with Crippen LogP contribution in [0.15, 0.2) is 23.3 Å². The van der Waals surface area contributed by atoms with Crippen LogP contribution in [0.1, 0.15) is 25.7 Å². The van der Waals surface area contributed by atoms with Gasteiger partial charge in [-0.3, -0.25) is 0 Å². The standard InChI is InChI=1S/C12H15N2O2/c1-15-11-7-6-9(14-13)8-12(11)16-10-4-2-3-5-10/h6-8,10H,2-5H2,1H3/q-1. The Bertz CT molecular complexity index is 373. The Morgan fingerprint density at radius 3 is 2.62 bits per heavy atom. The van der Waals surface area contributed by atoms with Crippen molar-refractivity contribution in [1.29, 1.82) is 0 Å². The quantitative estimate of drug-likeness (QED) is 0.725. The molecule has 0 radical (unpaired) electrons. The van der Waals surface area contributed by atoms with Gasteiger partial charge in [-0.25, -0.2) is 0 Å². The van der Waals surface area contributed by atoms with Crippen LogP contribution in [-0.4, -0.2) is 13.2 Å². The zero-order valence-corrected chi connectivity index (χ0v) is 9.35. The number of methoxy groups -OCH3 is 1. The lowest BCUT2D eigenvalue weighted by molar-refractivity contribution is 0.201. The van der Waals surface area contributed by atoms with Crippen LogP contribution in [0.25, 0.3) is 5.53 Å². The fourth-order valence-corrected chi connectivity index (χ4v) is 2.01. The van der Waals surface area contributed by atoms with Crippen LogP contribution < -0.4 is 9.47 Å². The second kappa shape index (κ2) is 4.96. The molecule has 0 bridgehead atoms. The molecule has 1 aromatic rings. The van der Waals surface area contributed by atoms with Crippen LogP contribution in [-0.2, 0) is 0 Å². The van der Waals surface area contributed by atoms with Crippen molar-refractivity contribution in [3.8, 4) is 11.5 Å². The summed E-state index contributed by atoms with van der Waals surface area (Å²) in [5.41, 5.74) is 9.20. The van der Waals surface area contributed by atoms with Gasteiger partial charge in [-0.1, -0.05) is 0 Å². The Kier molecular flexibility index (Phi) is 3.39. The predicted molar refractivity (Wildman–Crippen MR) is 61.3 cm³/mol. The summed E-state index contributed by atoms with van der Waals surface area (Å²) in [5.74, 6) is 1.34. The molecule has 0 spiro atoms. The van der Waals surface area contributed by atoms with E-state index in [-0.39, 0.29) is 6.10 Å². The lowest BCUT2D eigenvalue weighted by Crippen LogP contribution is -2.11. The number of rotatable bonds is 4. The first-order valence-corrected chi connectivity index (χ1v) is 5.53. The SMILES string of the molecule is COc1ccc(N=[N-])cc1OC1CCCC1. The molecule has 0 aromatic heterocycles. The Hall–Kier alpha value is -1.58. The lowest BCUT2D eigenvalue weighted by Gasteiger charge is -2.16. The smallest absolute Gasteiger partial charge is 0.163 e. The van der Waals surface area contributed by atoms with E-state index < -0.39 is 0 Å². The van der Waals surface area contributed by atoms with Gasteiger partial charge in [-0.2, -0.15) is 0 Å². The van der Waals surface area contributed by atoms with Crippen molar-refractivity contribution in [3.63, 3.8) is 0 Å². The average molecular weight is 219 g/mol. The van der Waals surface area contributed by atoms with Crippen molar-refractivity contribution in [2.45, 2.75) is 31.8 Å². The summed E-state index contributed by atoms with van der Waals surface area (Å²) >= 11 is 0. The number of hydrogen-bond donors (Lipinski definition) is 0. The van der Waals surface area contributed by atoms with Crippen molar-refractivity contribution < 1.29 is 9.47 Å². The van der Waals surface area contributed by atoms with Gasteiger partial charge in [0.2, 0.25) is 0 Å². The summed E-state index contributed by atoms with van der Waals surface area (Å²) in [5, 5.41) is 3.15. The third kappa shape index (κ3) is 2.32. The maximum atomic E-state index is 8.72. The molecule has 0 atom stereocenters. The van der Waals surface area contributed by atoms with E-state index in [4.69, 9.17) is 15.0 Å². The topological polar surface area (TPSA) is 53.1 Å². The number of hydrogen-bond acceptors (Lipinski definition) is 3. The predicted octanol–water partition coefficient (Wildman–Crippen LogP) is 3.67. The first-order valence-electron chi connectivity index (χ1n) is 5.53. The summed E-state index contributed by atoms with van der Waals surface area (Å²) in [6.45, 7) is 0. The van der Waals surface area contributed by atoms with E-state index in [2.05, 4.69) is 5.11 Å². The van der Waals surface area contributed by atoms with Crippen LogP contribution >= 0.6 is 0 Å². The van der Waals surface area contributed by atoms with E-state index in [0.29, 0.717) is 17.2 Å². The van der Waals surface area contributed by atoms with Crippen molar-refractivity contribution in [1.82, 2.24) is 0 Å². The Morgan fingerprint density at radius 1 is 1.25 bits per heavy atom. The molecule has 0 amide bonds. The van der Waals surface area contributed by atoms with Gasteiger partial charge in [0, 0.05) is 11.8 Å². The van der Waals surface area contributed by atoms with Gasteiger partial charge < -0.3 is 20.1 Å². The number of ether oxygens (including phenoxy) is 2. The van der Waals surface area contributed by atoms with E-state index >= 15 is 0 Å². The molecule has 1 aliphatic rings. The lowest BCUT2D eigenvalue weighted by atomic mass is 10.2. The van der Waals surface area contributed by atoms with Crippen molar-refractivity contribution in [3.05, 3.63) is 23.7 Å². The van der Waals surface area contributed by atoms with Gasteiger partial charge in [-0.15, -0.1) is 0 Å².